The van der Waals surface area contributed by atoms with Crippen molar-refractivity contribution in [1.82, 2.24) is 14.5 Å². The number of benzene rings is 1. The Kier molecular flexibility index (Phi) is 6.68. The van der Waals surface area contributed by atoms with Crippen LogP contribution in [0, 0.1) is 11.8 Å². The number of piperidine rings is 1. The smallest absolute Gasteiger partial charge is 0.251 e. The van der Waals surface area contributed by atoms with Crippen molar-refractivity contribution in [3.8, 4) is 0 Å². The summed E-state index contributed by atoms with van der Waals surface area (Å²) in [6.07, 6.45) is 3.06. The summed E-state index contributed by atoms with van der Waals surface area (Å²) in [6.45, 7) is 6.73. The Labute approximate surface area is 191 Å². The number of carbonyl (C=O) groups is 1. The van der Waals surface area contributed by atoms with Gasteiger partial charge in [-0.3, -0.25) is 9.69 Å². The maximum Gasteiger partial charge on any atom is 0.251 e. The standard InChI is InChI=1S/C22H33N3O5S2/c1-16-10-17(2)13-25(12-16)32(29,30)19-7-5-6-18(11-19)22(26)23-20-14-31(27,28)15-21(20)24-8-3-4-9-24/h5-7,11,16-17,20-21H,3-4,8-10,12-15H2,1-2H3,(H,23,26). The van der Waals surface area contributed by atoms with Gasteiger partial charge in [-0.1, -0.05) is 19.9 Å². The number of sulfonamides is 1. The largest absolute Gasteiger partial charge is 0.347 e. The van der Waals surface area contributed by atoms with Crippen molar-refractivity contribution in [1.29, 1.82) is 0 Å². The van der Waals surface area contributed by atoms with Gasteiger partial charge >= 0.3 is 0 Å². The quantitative estimate of drug-likeness (QED) is 0.678. The van der Waals surface area contributed by atoms with Gasteiger partial charge in [0.2, 0.25) is 10.0 Å². The minimum Gasteiger partial charge on any atom is -0.347 e. The van der Waals surface area contributed by atoms with Gasteiger partial charge < -0.3 is 5.32 Å². The maximum absolute atomic E-state index is 13.2. The lowest BCUT2D eigenvalue weighted by molar-refractivity contribution is 0.0918. The van der Waals surface area contributed by atoms with Crippen LogP contribution in [-0.4, -0.2) is 81.7 Å². The summed E-state index contributed by atoms with van der Waals surface area (Å²) >= 11 is 0. The van der Waals surface area contributed by atoms with Crippen LogP contribution in [0.5, 0.6) is 0 Å². The van der Waals surface area contributed by atoms with Crippen LogP contribution in [0.1, 0.15) is 43.5 Å². The predicted molar refractivity (Wildman–Crippen MR) is 123 cm³/mol. The van der Waals surface area contributed by atoms with E-state index >= 15 is 0 Å². The number of nitrogens with one attached hydrogen (secondary N) is 1. The van der Waals surface area contributed by atoms with Crippen LogP contribution < -0.4 is 5.32 Å². The fourth-order valence-electron chi connectivity index (χ4n) is 5.40. The highest BCUT2D eigenvalue weighted by atomic mass is 32.2. The lowest BCUT2D eigenvalue weighted by Gasteiger charge is -2.34. The molecule has 1 amide bonds. The number of sulfone groups is 1. The molecule has 0 aliphatic carbocycles. The molecule has 0 aromatic heterocycles. The minimum absolute atomic E-state index is 0.0533. The Bertz CT molecular complexity index is 1060. The molecule has 32 heavy (non-hydrogen) atoms. The number of amides is 1. The van der Waals surface area contributed by atoms with Crippen LogP contribution in [0.4, 0.5) is 0 Å². The number of hydrogen-bond acceptors (Lipinski definition) is 6. The number of hydrogen-bond donors (Lipinski definition) is 1. The molecule has 1 aromatic rings. The number of carbonyl (C=O) groups excluding carboxylic acids is 1. The number of rotatable bonds is 5. The van der Waals surface area contributed by atoms with Crippen molar-refractivity contribution in [3.05, 3.63) is 29.8 Å². The van der Waals surface area contributed by atoms with E-state index in [4.69, 9.17) is 0 Å². The number of nitrogens with zero attached hydrogens (tertiary/aromatic N) is 2. The number of likely N-dealkylation sites (tertiary alicyclic amines) is 1. The summed E-state index contributed by atoms with van der Waals surface area (Å²) in [6, 6.07) is 5.35. The van der Waals surface area contributed by atoms with E-state index in [1.165, 1.54) is 16.4 Å². The molecule has 3 aliphatic rings. The minimum atomic E-state index is -3.70. The van der Waals surface area contributed by atoms with Gasteiger partial charge in [0.05, 0.1) is 22.4 Å². The Balaban J connectivity index is 1.52. The molecule has 4 atom stereocenters. The third kappa shape index (κ3) is 5.03. The zero-order valence-electron chi connectivity index (χ0n) is 18.7. The summed E-state index contributed by atoms with van der Waals surface area (Å²) in [5.41, 5.74) is 0.230. The van der Waals surface area contributed by atoms with Gasteiger partial charge in [-0.2, -0.15) is 4.31 Å². The molecular formula is C22H33N3O5S2. The lowest BCUT2D eigenvalue weighted by atomic mass is 9.94. The third-order valence-electron chi connectivity index (χ3n) is 6.82. The van der Waals surface area contributed by atoms with E-state index in [9.17, 15) is 21.6 Å². The van der Waals surface area contributed by atoms with Gasteiger partial charge in [0.1, 0.15) is 0 Å². The first kappa shape index (κ1) is 23.7. The van der Waals surface area contributed by atoms with Crippen molar-refractivity contribution in [2.24, 2.45) is 11.8 Å². The topological polar surface area (TPSA) is 104 Å². The molecule has 0 saturated carbocycles. The van der Waals surface area contributed by atoms with E-state index in [1.54, 1.807) is 12.1 Å². The first-order valence-corrected chi connectivity index (χ1v) is 14.7. The van der Waals surface area contributed by atoms with Crippen LogP contribution in [0.2, 0.25) is 0 Å². The van der Waals surface area contributed by atoms with Gasteiger partial charge in [0, 0.05) is 24.7 Å². The van der Waals surface area contributed by atoms with Crippen LogP contribution in [0.15, 0.2) is 29.2 Å². The van der Waals surface area contributed by atoms with E-state index in [1.807, 2.05) is 0 Å². The Morgan fingerprint density at radius 3 is 2.38 bits per heavy atom. The van der Waals surface area contributed by atoms with E-state index in [2.05, 4.69) is 24.1 Å². The van der Waals surface area contributed by atoms with Crippen molar-refractivity contribution >= 4 is 25.8 Å². The van der Waals surface area contributed by atoms with Crippen LogP contribution >= 0.6 is 0 Å². The van der Waals surface area contributed by atoms with Crippen molar-refractivity contribution in [3.63, 3.8) is 0 Å². The van der Waals surface area contributed by atoms with Crippen LogP contribution in [0.3, 0.4) is 0 Å². The summed E-state index contributed by atoms with van der Waals surface area (Å²) < 4.78 is 52.5. The highest BCUT2D eigenvalue weighted by molar-refractivity contribution is 7.91. The van der Waals surface area contributed by atoms with E-state index in [-0.39, 0.29) is 39.8 Å². The zero-order chi connectivity index (χ0) is 23.1. The van der Waals surface area contributed by atoms with Crippen LogP contribution in [-0.2, 0) is 19.9 Å². The summed E-state index contributed by atoms with van der Waals surface area (Å²) in [5, 5.41) is 2.88. The molecular weight excluding hydrogens is 450 g/mol. The summed E-state index contributed by atoms with van der Waals surface area (Å²) in [7, 11) is -6.93. The molecule has 4 unspecified atom stereocenters. The molecule has 0 radical (unpaired) electrons. The Morgan fingerprint density at radius 1 is 1.06 bits per heavy atom. The van der Waals surface area contributed by atoms with Crippen molar-refractivity contribution < 1.29 is 21.6 Å². The Hall–Kier alpha value is -1.49. The predicted octanol–water partition coefficient (Wildman–Crippen LogP) is 1.34. The SMILES string of the molecule is CC1CC(C)CN(S(=O)(=O)c2cccc(C(=O)NC3CS(=O)(=O)CC3N3CCCC3)c2)C1. The molecule has 3 aliphatic heterocycles. The van der Waals surface area contributed by atoms with E-state index in [0.717, 1.165) is 32.4 Å². The molecule has 0 spiro atoms. The zero-order valence-corrected chi connectivity index (χ0v) is 20.4. The highest BCUT2D eigenvalue weighted by Crippen LogP contribution is 2.27. The Morgan fingerprint density at radius 2 is 1.72 bits per heavy atom. The molecule has 3 heterocycles. The van der Waals surface area contributed by atoms with Gasteiger partial charge in [-0.25, -0.2) is 16.8 Å². The monoisotopic (exact) mass is 483 g/mol. The van der Waals surface area contributed by atoms with Gasteiger partial charge in [-0.15, -0.1) is 0 Å². The summed E-state index contributed by atoms with van der Waals surface area (Å²) in [4.78, 5) is 15.2. The lowest BCUT2D eigenvalue weighted by Crippen LogP contribution is -2.50. The van der Waals surface area contributed by atoms with Crippen molar-refractivity contribution in [2.75, 3.05) is 37.7 Å². The second-order valence-corrected chi connectivity index (χ2v) is 13.9. The molecule has 0 bridgehead atoms. The van der Waals surface area contributed by atoms with Gasteiger partial charge in [0.25, 0.3) is 5.91 Å². The second-order valence-electron chi connectivity index (χ2n) is 9.76. The molecule has 8 nitrogen and oxygen atoms in total. The van der Waals surface area contributed by atoms with Crippen LogP contribution in [0.25, 0.3) is 0 Å². The van der Waals surface area contributed by atoms with E-state index < -0.39 is 31.8 Å². The first-order valence-electron chi connectivity index (χ1n) is 11.4. The molecule has 10 heteroatoms. The average molecular weight is 484 g/mol. The van der Waals surface area contributed by atoms with E-state index in [0.29, 0.717) is 13.1 Å². The first-order chi connectivity index (χ1) is 15.0. The van der Waals surface area contributed by atoms with Crippen molar-refractivity contribution in [2.45, 2.75) is 50.1 Å². The molecule has 3 saturated heterocycles. The molecule has 4 rings (SSSR count). The molecule has 1 N–H and O–H groups in total. The molecule has 1 aromatic carbocycles. The second kappa shape index (κ2) is 9.04. The highest BCUT2D eigenvalue weighted by Gasteiger charge is 2.42. The van der Waals surface area contributed by atoms with Gasteiger partial charge in [-0.05, 0) is 62.4 Å². The fourth-order valence-corrected chi connectivity index (χ4v) is 9.08. The molecule has 178 valence electrons. The summed E-state index contributed by atoms with van der Waals surface area (Å²) in [5.74, 6) is 0.103. The normalized spacial score (nSPS) is 31.6. The average Bonchev–Trinajstić information content (AvgIpc) is 3.34. The van der Waals surface area contributed by atoms with Gasteiger partial charge in [0.15, 0.2) is 9.84 Å². The third-order valence-corrected chi connectivity index (χ3v) is 10.4. The molecule has 3 fully saturated rings. The maximum atomic E-state index is 13.2. The fraction of sp³-hybridized carbons (Fsp3) is 0.682.